The normalized spacial score (nSPS) is 17.2. The first kappa shape index (κ1) is 14.6. The van der Waals surface area contributed by atoms with Crippen LogP contribution in [0.3, 0.4) is 0 Å². The zero-order valence-electron chi connectivity index (χ0n) is 12.2. The van der Waals surface area contributed by atoms with Crippen LogP contribution >= 0.6 is 0 Å². The highest BCUT2D eigenvalue weighted by Gasteiger charge is 2.16. The monoisotopic (exact) mass is 297 g/mol. The van der Waals surface area contributed by atoms with E-state index in [2.05, 4.69) is 22.2 Å². The van der Waals surface area contributed by atoms with Crippen LogP contribution < -0.4 is 20.9 Å². The van der Waals surface area contributed by atoms with Crippen molar-refractivity contribution in [2.24, 2.45) is 0 Å². The van der Waals surface area contributed by atoms with E-state index in [4.69, 9.17) is 4.74 Å². The van der Waals surface area contributed by atoms with E-state index in [-0.39, 0.29) is 18.6 Å². The molecule has 1 unspecified atom stereocenters. The zero-order valence-corrected chi connectivity index (χ0v) is 12.2. The van der Waals surface area contributed by atoms with Gasteiger partial charge in [-0.2, -0.15) is 0 Å². The zero-order chi connectivity index (χ0) is 15.2. The largest absolute Gasteiger partial charge is 0.484 e. The molecule has 1 saturated heterocycles. The van der Waals surface area contributed by atoms with E-state index in [0.29, 0.717) is 5.75 Å². The number of rotatable bonds is 5. The van der Waals surface area contributed by atoms with Gasteiger partial charge in [-0.25, -0.2) is 0 Å². The Hall–Kier alpha value is -2.37. The topological polar surface area (TPSA) is 62.4 Å². The number of benzene rings is 2. The number of ether oxygens (including phenoxy) is 1. The summed E-state index contributed by atoms with van der Waals surface area (Å²) in [6.45, 7) is 0.948. The molecule has 1 aliphatic heterocycles. The smallest absolute Gasteiger partial charge is 0.262 e. The Labute approximate surface area is 129 Å². The quantitative estimate of drug-likeness (QED) is 0.792. The highest BCUT2D eigenvalue weighted by atomic mass is 16.5. The van der Waals surface area contributed by atoms with Crippen LogP contribution in [0.25, 0.3) is 0 Å². The third-order valence-electron chi connectivity index (χ3n) is 3.52. The van der Waals surface area contributed by atoms with Crippen molar-refractivity contribution in [3.63, 3.8) is 0 Å². The van der Waals surface area contributed by atoms with Crippen molar-refractivity contribution in [1.29, 1.82) is 0 Å². The summed E-state index contributed by atoms with van der Waals surface area (Å²) in [7, 11) is 0. The van der Waals surface area contributed by atoms with E-state index >= 15 is 0 Å². The van der Waals surface area contributed by atoms with Gasteiger partial charge in [0.25, 0.3) is 5.91 Å². The Balaban J connectivity index is 1.56. The lowest BCUT2D eigenvalue weighted by Crippen LogP contribution is -2.24. The summed E-state index contributed by atoms with van der Waals surface area (Å²) in [6.07, 6.45) is 1.04. The first-order chi connectivity index (χ1) is 10.8. The van der Waals surface area contributed by atoms with E-state index in [1.807, 2.05) is 48.5 Å². The Kier molecular flexibility index (Phi) is 4.68. The minimum atomic E-state index is -0.168. The molecule has 0 radical (unpaired) electrons. The van der Waals surface area contributed by atoms with Gasteiger partial charge in [-0.1, -0.05) is 30.3 Å². The molecular formula is C17H19N3O2. The molecule has 0 aromatic heterocycles. The average molecular weight is 297 g/mol. The Bertz CT molecular complexity index is 625. The molecular weight excluding hydrogens is 278 g/mol. The van der Waals surface area contributed by atoms with Crippen molar-refractivity contribution < 1.29 is 9.53 Å². The summed E-state index contributed by atoms with van der Waals surface area (Å²) in [5.41, 5.74) is 8.27. The molecule has 0 bridgehead atoms. The maximum Gasteiger partial charge on any atom is 0.262 e. The van der Waals surface area contributed by atoms with E-state index < -0.39 is 0 Å². The average Bonchev–Trinajstić information content (AvgIpc) is 3.09. The molecule has 22 heavy (non-hydrogen) atoms. The molecule has 3 N–H and O–H groups in total. The molecule has 5 nitrogen and oxygen atoms in total. The highest BCUT2D eigenvalue weighted by Crippen LogP contribution is 2.21. The number of para-hydroxylation sites is 1. The molecule has 1 heterocycles. The minimum absolute atomic E-state index is 0.00250. The first-order valence-electron chi connectivity index (χ1n) is 7.37. The van der Waals surface area contributed by atoms with Gasteiger partial charge in [0.15, 0.2) is 6.61 Å². The van der Waals surface area contributed by atoms with Gasteiger partial charge >= 0.3 is 0 Å². The van der Waals surface area contributed by atoms with Crippen molar-refractivity contribution in [2.45, 2.75) is 12.5 Å². The molecule has 1 amide bonds. The summed E-state index contributed by atoms with van der Waals surface area (Å²) >= 11 is 0. The van der Waals surface area contributed by atoms with Crippen LogP contribution in [0.1, 0.15) is 18.0 Å². The van der Waals surface area contributed by atoms with Crippen LogP contribution in [0.4, 0.5) is 5.69 Å². The Morgan fingerprint density at radius 3 is 2.82 bits per heavy atom. The van der Waals surface area contributed by atoms with Crippen molar-refractivity contribution in [3.8, 4) is 5.75 Å². The summed E-state index contributed by atoms with van der Waals surface area (Å²) in [6, 6.07) is 17.5. The van der Waals surface area contributed by atoms with Gasteiger partial charge in [0, 0.05) is 18.3 Å². The number of hydrogen-bond acceptors (Lipinski definition) is 4. The van der Waals surface area contributed by atoms with Gasteiger partial charge in [0.2, 0.25) is 0 Å². The predicted molar refractivity (Wildman–Crippen MR) is 85.5 cm³/mol. The molecule has 3 rings (SSSR count). The van der Waals surface area contributed by atoms with Crippen LogP contribution in [0, 0.1) is 0 Å². The fraction of sp³-hybridized carbons (Fsp3) is 0.235. The van der Waals surface area contributed by atoms with Crippen LogP contribution in [-0.4, -0.2) is 19.1 Å². The van der Waals surface area contributed by atoms with Crippen LogP contribution in [0.2, 0.25) is 0 Å². The minimum Gasteiger partial charge on any atom is -0.484 e. The van der Waals surface area contributed by atoms with E-state index in [1.165, 1.54) is 0 Å². The molecule has 114 valence electrons. The number of carbonyl (C=O) groups excluding carboxylic acids is 1. The second kappa shape index (κ2) is 7.06. The van der Waals surface area contributed by atoms with Gasteiger partial charge in [-0.3, -0.25) is 15.6 Å². The number of hydrogen-bond donors (Lipinski definition) is 3. The van der Waals surface area contributed by atoms with E-state index in [1.54, 1.807) is 0 Å². The summed E-state index contributed by atoms with van der Waals surface area (Å²) < 4.78 is 5.44. The lowest BCUT2D eigenvalue weighted by atomic mass is 10.1. The number of anilines is 1. The highest BCUT2D eigenvalue weighted by molar-refractivity contribution is 5.91. The Morgan fingerprint density at radius 1 is 1.18 bits per heavy atom. The third kappa shape index (κ3) is 3.84. The van der Waals surface area contributed by atoms with Gasteiger partial charge < -0.3 is 10.1 Å². The molecule has 5 heteroatoms. The van der Waals surface area contributed by atoms with Crippen molar-refractivity contribution in [2.75, 3.05) is 18.5 Å². The predicted octanol–water partition coefficient (Wildman–Crippen LogP) is 2.24. The third-order valence-corrected chi connectivity index (χ3v) is 3.52. The summed E-state index contributed by atoms with van der Waals surface area (Å²) in [5, 5.41) is 2.86. The van der Waals surface area contributed by atoms with Crippen molar-refractivity contribution in [1.82, 2.24) is 10.9 Å². The van der Waals surface area contributed by atoms with E-state index in [9.17, 15) is 4.79 Å². The molecule has 2 aromatic rings. The standard InChI is InChI=1S/C17H19N3O2/c21-17(12-22-15-7-2-1-3-8-15)19-14-6-4-5-13(11-14)16-9-10-18-20-16/h1-8,11,16,18,20H,9-10,12H2,(H,19,21). The first-order valence-corrected chi connectivity index (χ1v) is 7.37. The molecule has 1 fully saturated rings. The van der Waals surface area contributed by atoms with Gasteiger partial charge in [0.05, 0.1) is 0 Å². The molecule has 2 aromatic carbocycles. The number of nitrogens with one attached hydrogen (secondary N) is 3. The SMILES string of the molecule is O=C(COc1ccccc1)Nc1cccc(C2CCNN2)c1. The fourth-order valence-corrected chi connectivity index (χ4v) is 2.43. The summed E-state index contributed by atoms with van der Waals surface area (Å²) in [4.78, 5) is 12.0. The van der Waals surface area contributed by atoms with E-state index in [0.717, 1.165) is 24.2 Å². The maximum absolute atomic E-state index is 12.0. The molecule has 0 spiro atoms. The van der Waals surface area contributed by atoms with Gasteiger partial charge in [0.1, 0.15) is 5.75 Å². The lowest BCUT2D eigenvalue weighted by Gasteiger charge is -2.12. The summed E-state index contributed by atoms with van der Waals surface area (Å²) in [5.74, 6) is 0.520. The second-order valence-corrected chi connectivity index (χ2v) is 5.19. The molecule has 0 aliphatic carbocycles. The van der Waals surface area contributed by atoms with Crippen LogP contribution in [0.5, 0.6) is 5.75 Å². The van der Waals surface area contributed by atoms with Gasteiger partial charge in [-0.15, -0.1) is 0 Å². The molecule has 1 atom stereocenters. The van der Waals surface area contributed by atoms with Gasteiger partial charge in [-0.05, 0) is 36.2 Å². The van der Waals surface area contributed by atoms with Crippen molar-refractivity contribution >= 4 is 11.6 Å². The number of hydrazine groups is 1. The second-order valence-electron chi connectivity index (χ2n) is 5.19. The fourth-order valence-electron chi connectivity index (χ4n) is 2.43. The van der Waals surface area contributed by atoms with Crippen LogP contribution in [-0.2, 0) is 4.79 Å². The molecule has 1 aliphatic rings. The van der Waals surface area contributed by atoms with Crippen LogP contribution in [0.15, 0.2) is 54.6 Å². The molecule has 0 saturated carbocycles. The lowest BCUT2D eigenvalue weighted by molar-refractivity contribution is -0.118. The maximum atomic E-state index is 12.0. The van der Waals surface area contributed by atoms with Crippen molar-refractivity contribution in [3.05, 3.63) is 60.2 Å². The number of amides is 1. The number of carbonyl (C=O) groups is 1. The Morgan fingerprint density at radius 2 is 2.05 bits per heavy atom.